The quantitative estimate of drug-likeness (QED) is 0.156. The lowest BCUT2D eigenvalue weighted by Gasteiger charge is -2.12. The summed E-state index contributed by atoms with van der Waals surface area (Å²) in [4.78, 5) is 4.53. The Bertz CT molecular complexity index is 293. The molecule has 0 heterocycles. The van der Waals surface area contributed by atoms with Gasteiger partial charge in [0.1, 0.15) is 0 Å². The summed E-state index contributed by atoms with van der Waals surface area (Å²) in [5, 5.41) is 6.51. The predicted molar refractivity (Wildman–Crippen MR) is 116 cm³/mol. The fraction of sp³-hybridized carbons (Fsp3) is 0.944. The Morgan fingerprint density at radius 3 is 2.20 bits per heavy atom. The number of rotatable bonds is 16. The van der Waals surface area contributed by atoms with Gasteiger partial charge in [-0.15, -0.1) is 24.0 Å². The highest BCUT2D eigenvalue weighted by molar-refractivity contribution is 14.0. The van der Waals surface area contributed by atoms with E-state index in [9.17, 15) is 0 Å². The van der Waals surface area contributed by atoms with Gasteiger partial charge in [0, 0.05) is 39.5 Å². The third kappa shape index (κ3) is 21.8. The van der Waals surface area contributed by atoms with E-state index in [1.807, 2.05) is 0 Å². The van der Waals surface area contributed by atoms with Gasteiger partial charge in [-0.3, -0.25) is 4.99 Å². The van der Waals surface area contributed by atoms with E-state index in [0.29, 0.717) is 25.7 Å². The normalized spacial score (nSPS) is 11.5. The number of hydrogen-bond acceptors (Lipinski definition) is 4. The molecule has 0 rings (SSSR count). The molecule has 0 aliphatic rings. The minimum atomic E-state index is 0. The van der Waals surface area contributed by atoms with Crippen LogP contribution in [0.1, 0.15) is 47.0 Å². The molecule has 2 N–H and O–H groups in total. The molecule has 6 nitrogen and oxygen atoms in total. The highest BCUT2D eigenvalue weighted by Crippen LogP contribution is 1.93. The summed E-state index contributed by atoms with van der Waals surface area (Å²) >= 11 is 0. The molecular weight excluding hydrogens is 433 g/mol. The van der Waals surface area contributed by atoms with E-state index in [2.05, 4.69) is 43.3 Å². The standard InChI is InChI=1S/C18H39N3O3.HI/c1-5-7-11-22-14-15-23-13-10-21-18(19-6-2)20-9-8-12-24-16-17(3)4;/h17H,5-16H2,1-4H3,(H2,19,20,21);1H. The molecule has 0 aliphatic heterocycles. The van der Waals surface area contributed by atoms with Crippen molar-refractivity contribution in [2.24, 2.45) is 10.9 Å². The van der Waals surface area contributed by atoms with Crippen LogP contribution in [0.4, 0.5) is 0 Å². The van der Waals surface area contributed by atoms with Crippen LogP contribution >= 0.6 is 24.0 Å². The maximum absolute atomic E-state index is 5.56. The summed E-state index contributed by atoms with van der Waals surface area (Å²) in [6, 6.07) is 0. The van der Waals surface area contributed by atoms with E-state index < -0.39 is 0 Å². The first kappa shape index (κ1) is 27.1. The summed E-state index contributed by atoms with van der Waals surface area (Å²) in [5.74, 6) is 1.42. The van der Waals surface area contributed by atoms with Crippen LogP contribution in [0.5, 0.6) is 0 Å². The van der Waals surface area contributed by atoms with E-state index in [4.69, 9.17) is 14.2 Å². The summed E-state index contributed by atoms with van der Waals surface area (Å²) in [5.41, 5.74) is 0. The van der Waals surface area contributed by atoms with Gasteiger partial charge in [0.2, 0.25) is 0 Å². The molecule has 0 saturated carbocycles. The van der Waals surface area contributed by atoms with Crippen molar-refractivity contribution in [1.29, 1.82) is 0 Å². The van der Waals surface area contributed by atoms with E-state index in [0.717, 1.165) is 58.3 Å². The zero-order chi connectivity index (χ0) is 17.9. The van der Waals surface area contributed by atoms with Crippen molar-refractivity contribution in [3.05, 3.63) is 0 Å². The van der Waals surface area contributed by atoms with Crippen molar-refractivity contribution in [3.8, 4) is 0 Å². The van der Waals surface area contributed by atoms with Crippen LogP contribution in [-0.4, -0.2) is 65.2 Å². The minimum Gasteiger partial charge on any atom is -0.381 e. The summed E-state index contributed by atoms with van der Waals surface area (Å²) in [6.07, 6.45) is 3.22. The molecule has 0 saturated heterocycles. The molecule has 0 aliphatic carbocycles. The summed E-state index contributed by atoms with van der Waals surface area (Å²) < 4.78 is 16.5. The van der Waals surface area contributed by atoms with Crippen LogP contribution in [0.15, 0.2) is 4.99 Å². The van der Waals surface area contributed by atoms with Crippen molar-refractivity contribution in [2.45, 2.75) is 47.0 Å². The largest absolute Gasteiger partial charge is 0.381 e. The SMILES string of the molecule is CCCCOCCOCCNC(=NCCCOCC(C)C)NCC.I. The van der Waals surface area contributed by atoms with E-state index in [1.54, 1.807) is 0 Å². The zero-order valence-electron chi connectivity index (χ0n) is 16.6. The Morgan fingerprint density at radius 2 is 1.56 bits per heavy atom. The van der Waals surface area contributed by atoms with Gasteiger partial charge in [-0.1, -0.05) is 27.2 Å². The molecule has 0 fully saturated rings. The fourth-order valence-corrected chi connectivity index (χ4v) is 1.83. The van der Waals surface area contributed by atoms with Crippen LogP contribution in [0.25, 0.3) is 0 Å². The molecule has 0 spiro atoms. The Labute approximate surface area is 171 Å². The van der Waals surface area contributed by atoms with Crippen LogP contribution < -0.4 is 10.6 Å². The zero-order valence-corrected chi connectivity index (χ0v) is 19.0. The minimum absolute atomic E-state index is 0. The molecule has 7 heteroatoms. The molecule has 0 unspecified atom stereocenters. The Hall–Kier alpha value is -0.120. The number of hydrogen-bond donors (Lipinski definition) is 2. The van der Waals surface area contributed by atoms with Crippen LogP contribution in [-0.2, 0) is 14.2 Å². The van der Waals surface area contributed by atoms with Gasteiger partial charge < -0.3 is 24.8 Å². The van der Waals surface area contributed by atoms with Gasteiger partial charge in [-0.05, 0) is 25.7 Å². The lowest BCUT2D eigenvalue weighted by atomic mass is 10.2. The lowest BCUT2D eigenvalue weighted by molar-refractivity contribution is 0.0487. The summed E-state index contributed by atoms with van der Waals surface area (Å²) in [7, 11) is 0. The molecular formula is C18H40IN3O3. The first-order chi connectivity index (χ1) is 11.7. The van der Waals surface area contributed by atoms with Crippen LogP contribution in [0, 0.1) is 5.92 Å². The van der Waals surface area contributed by atoms with Gasteiger partial charge in [-0.2, -0.15) is 0 Å². The maximum Gasteiger partial charge on any atom is 0.191 e. The molecule has 152 valence electrons. The number of guanidine groups is 1. The number of ether oxygens (including phenoxy) is 3. The van der Waals surface area contributed by atoms with Crippen molar-refractivity contribution >= 4 is 29.9 Å². The number of nitrogens with one attached hydrogen (secondary N) is 2. The second-order valence-electron chi connectivity index (χ2n) is 6.09. The Kier molecular flexibility index (Phi) is 23.8. The molecule has 0 atom stereocenters. The number of aliphatic imine (C=N–C) groups is 1. The molecule has 0 bridgehead atoms. The third-order valence-corrected chi connectivity index (χ3v) is 3.07. The number of unbranched alkanes of at least 4 members (excludes halogenated alkanes) is 1. The second kappa shape index (κ2) is 21.9. The second-order valence-corrected chi connectivity index (χ2v) is 6.09. The average molecular weight is 473 g/mol. The van der Waals surface area contributed by atoms with Gasteiger partial charge >= 0.3 is 0 Å². The molecule has 0 aromatic heterocycles. The molecule has 25 heavy (non-hydrogen) atoms. The van der Waals surface area contributed by atoms with Crippen molar-refractivity contribution in [1.82, 2.24) is 10.6 Å². The predicted octanol–water partition coefficient (Wildman–Crippen LogP) is 3.06. The highest BCUT2D eigenvalue weighted by Gasteiger charge is 1.97. The van der Waals surface area contributed by atoms with Crippen molar-refractivity contribution in [3.63, 3.8) is 0 Å². The van der Waals surface area contributed by atoms with Crippen molar-refractivity contribution < 1.29 is 14.2 Å². The molecule has 0 radical (unpaired) electrons. The van der Waals surface area contributed by atoms with Crippen LogP contribution in [0.2, 0.25) is 0 Å². The Balaban J connectivity index is 0. The van der Waals surface area contributed by atoms with Crippen LogP contribution in [0.3, 0.4) is 0 Å². The maximum atomic E-state index is 5.56. The molecule has 0 aromatic rings. The number of nitrogens with zero attached hydrogens (tertiary/aromatic N) is 1. The highest BCUT2D eigenvalue weighted by atomic mass is 127. The van der Waals surface area contributed by atoms with Gasteiger partial charge in [0.25, 0.3) is 0 Å². The lowest BCUT2D eigenvalue weighted by Crippen LogP contribution is -2.39. The van der Waals surface area contributed by atoms with E-state index in [-0.39, 0.29) is 24.0 Å². The third-order valence-electron chi connectivity index (χ3n) is 3.07. The monoisotopic (exact) mass is 473 g/mol. The van der Waals surface area contributed by atoms with E-state index >= 15 is 0 Å². The first-order valence-corrected chi connectivity index (χ1v) is 9.46. The molecule has 0 amide bonds. The van der Waals surface area contributed by atoms with Crippen molar-refractivity contribution in [2.75, 3.05) is 59.3 Å². The molecule has 0 aromatic carbocycles. The van der Waals surface area contributed by atoms with E-state index in [1.165, 1.54) is 6.42 Å². The summed E-state index contributed by atoms with van der Waals surface area (Å²) in [6.45, 7) is 15.3. The number of halogens is 1. The smallest absolute Gasteiger partial charge is 0.191 e. The fourth-order valence-electron chi connectivity index (χ4n) is 1.83. The van der Waals surface area contributed by atoms with Gasteiger partial charge in [0.05, 0.1) is 19.8 Å². The van der Waals surface area contributed by atoms with Gasteiger partial charge in [0.15, 0.2) is 5.96 Å². The first-order valence-electron chi connectivity index (χ1n) is 9.46. The topological polar surface area (TPSA) is 64.1 Å². The van der Waals surface area contributed by atoms with Gasteiger partial charge in [-0.25, -0.2) is 0 Å². The Morgan fingerprint density at radius 1 is 0.880 bits per heavy atom. The average Bonchev–Trinajstić information content (AvgIpc) is 2.56.